The summed E-state index contributed by atoms with van der Waals surface area (Å²) in [7, 11) is -4.34. The van der Waals surface area contributed by atoms with Crippen molar-refractivity contribution in [2.24, 2.45) is 0 Å². The molecule has 2 rings (SSSR count). The second-order valence-corrected chi connectivity index (χ2v) is 6.45. The first-order valence-electron chi connectivity index (χ1n) is 5.50. The van der Waals surface area contributed by atoms with Gasteiger partial charge in [0.1, 0.15) is 4.90 Å². The molecule has 2 aromatic carbocycles. The smallest absolute Gasteiger partial charge is 0.282 e. The zero-order chi connectivity index (χ0) is 14.9. The van der Waals surface area contributed by atoms with Gasteiger partial charge >= 0.3 is 0 Å². The Morgan fingerprint density at radius 3 is 2.25 bits per heavy atom. The molecule has 0 unspecified atom stereocenters. The Hall–Kier alpha value is -1.16. The fourth-order valence-electron chi connectivity index (χ4n) is 2.01. The SMILES string of the molecule is Cc1cc(S(=O)(=O)O)c2cc(C)cc(SOOO)c2c1. The number of hydrogen-bond donors (Lipinski definition) is 2. The van der Waals surface area contributed by atoms with Gasteiger partial charge in [0.25, 0.3) is 10.1 Å². The minimum atomic E-state index is -4.34. The molecule has 0 saturated heterocycles. The summed E-state index contributed by atoms with van der Waals surface area (Å²) in [6, 6.07) is 6.56. The van der Waals surface area contributed by atoms with Crippen LogP contribution in [0.2, 0.25) is 0 Å². The minimum Gasteiger partial charge on any atom is -0.282 e. The first-order chi connectivity index (χ1) is 9.32. The Balaban J connectivity index is 2.81. The summed E-state index contributed by atoms with van der Waals surface area (Å²) in [5, 5.41) is 12.7. The topological polar surface area (TPSA) is 93.1 Å². The van der Waals surface area contributed by atoms with Gasteiger partial charge in [0.05, 0.1) is 12.0 Å². The molecule has 0 aliphatic heterocycles. The average molecular weight is 316 g/mol. The molecule has 2 aromatic rings. The van der Waals surface area contributed by atoms with E-state index in [2.05, 4.69) is 9.37 Å². The Kier molecular flexibility index (Phi) is 4.33. The lowest BCUT2D eigenvalue weighted by Gasteiger charge is -2.10. The van der Waals surface area contributed by atoms with Gasteiger partial charge in [-0.15, -0.1) is 4.33 Å². The van der Waals surface area contributed by atoms with E-state index in [9.17, 15) is 13.0 Å². The minimum absolute atomic E-state index is 0.164. The lowest BCUT2D eigenvalue weighted by atomic mass is 10.1. The van der Waals surface area contributed by atoms with Crippen molar-refractivity contribution >= 4 is 32.9 Å². The van der Waals surface area contributed by atoms with E-state index in [0.717, 1.165) is 17.6 Å². The van der Waals surface area contributed by atoms with Crippen LogP contribution in [0.3, 0.4) is 0 Å². The van der Waals surface area contributed by atoms with Gasteiger partial charge in [0, 0.05) is 10.3 Å². The summed E-state index contributed by atoms with van der Waals surface area (Å²) >= 11 is 0.743. The molecule has 0 spiro atoms. The van der Waals surface area contributed by atoms with Crippen LogP contribution in [0.15, 0.2) is 34.1 Å². The van der Waals surface area contributed by atoms with Crippen LogP contribution >= 0.6 is 12.0 Å². The number of fused-ring (bicyclic) bond motifs is 1. The second-order valence-electron chi connectivity index (χ2n) is 4.32. The molecule has 0 fully saturated rings. The van der Waals surface area contributed by atoms with E-state index in [4.69, 9.17) is 5.26 Å². The fraction of sp³-hybridized carbons (Fsp3) is 0.167. The quantitative estimate of drug-likeness (QED) is 0.387. The Morgan fingerprint density at radius 2 is 1.65 bits per heavy atom. The van der Waals surface area contributed by atoms with Crippen molar-refractivity contribution in [2.45, 2.75) is 23.6 Å². The largest absolute Gasteiger partial charge is 0.295 e. The van der Waals surface area contributed by atoms with E-state index in [0.29, 0.717) is 21.2 Å². The van der Waals surface area contributed by atoms with Crippen LogP contribution in [0.5, 0.6) is 0 Å². The Bertz CT molecular complexity index is 754. The van der Waals surface area contributed by atoms with E-state index in [1.54, 1.807) is 32.0 Å². The number of hydrogen-bond acceptors (Lipinski definition) is 6. The van der Waals surface area contributed by atoms with Crippen LogP contribution in [-0.4, -0.2) is 18.2 Å². The fourth-order valence-corrected chi connectivity index (χ4v) is 3.38. The third-order valence-electron chi connectivity index (χ3n) is 2.71. The highest BCUT2D eigenvalue weighted by molar-refractivity contribution is 7.94. The van der Waals surface area contributed by atoms with Crippen molar-refractivity contribution in [1.29, 1.82) is 0 Å². The monoisotopic (exact) mass is 316 g/mol. The Labute approximate surface area is 120 Å². The van der Waals surface area contributed by atoms with Crippen molar-refractivity contribution in [3.63, 3.8) is 0 Å². The van der Waals surface area contributed by atoms with Crippen molar-refractivity contribution in [2.75, 3.05) is 0 Å². The van der Waals surface area contributed by atoms with Crippen molar-refractivity contribution in [3.05, 3.63) is 35.4 Å². The number of rotatable bonds is 4. The Morgan fingerprint density at radius 1 is 1.05 bits per heavy atom. The summed E-state index contributed by atoms with van der Waals surface area (Å²) in [4.78, 5) is 0.394. The standard InChI is InChI=1S/C12H12O6S2/c1-7-4-10-9(11(5-7)19-18-17-13)3-8(2)6-12(10)20(14,15)16/h3-6,13H,1-2H3,(H,14,15,16). The molecule has 0 aliphatic rings. The number of aryl methyl sites for hydroxylation is 2. The maximum Gasteiger partial charge on any atom is 0.295 e. The molecular formula is C12H12O6S2. The molecule has 0 saturated carbocycles. The lowest BCUT2D eigenvalue weighted by molar-refractivity contribution is -0.432. The highest BCUT2D eigenvalue weighted by Crippen LogP contribution is 2.34. The molecule has 0 amide bonds. The van der Waals surface area contributed by atoms with Gasteiger partial charge in [-0.25, -0.2) is 5.26 Å². The summed E-state index contributed by atoms with van der Waals surface area (Å²) in [6.07, 6.45) is 0. The number of benzene rings is 2. The molecule has 6 nitrogen and oxygen atoms in total. The molecular weight excluding hydrogens is 304 g/mol. The van der Waals surface area contributed by atoms with Crippen molar-refractivity contribution in [1.82, 2.24) is 0 Å². The van der Waals surface area contributed by atoms with Gasteiger partial charge in [0.15, 0.2) is 0 Å². The molecule has 0 atom stereocenters. The molecule has 0 heterocycles. The first-order valence-corrected chi connectivity index (χ1v) is 7.68. The van der Waals surface area contributed by atoms with E-state index in [1.807, 2.05) is 0 Å². The van der Waals surface area contributed by atoms with E-state index >= 15 is 0 Å². The van der Waals surface area contributed by atoms with Crippen LogP contribution in [0.4, 0.5) is 0 Å². The van der Waals surface area contributed by atoms with Crippen LogP contribution in [0, 0.1) is 13.8 Å². The molecule has 8 heteroatoms. The highest BCUT2D eigenvalue weighted by atomic mass is 32.2. The third-order valence-corrected chi connectivity index (χ3v) is 4.25. The molecule has 0 aliphatic carbocycles. The zero-order valence-corrected chi connectivity index (χ0v) is 12.3. The van der Waals surface area contributed by atoms with Gasteiger partial charge < -0.3 is 0 Å². The summed E-state index contributed by atoms with van der Waals surface area (Å²) < 4.78 is 36.7. The van der Waals surface area contributed by atoms with Crippen LogP contribution in [-0.2, 0) is 19.5 Å². The molecule has 0 radical (unpaired) electrons. The molecule has 20 heavy (non-hydrogen) atoms. The lowest BCUT2D eigenvalue weighted by Crippen LogP contribution is -2.00. The third kappa shape index (κ3) is 3.11. The van der Waals surface area contributed by atoms with Crippen LogP contribution < -0.4 is 0 Å². The normalized spacial score (nSPS) is 12.0. The summed E-state index contributed by atoms with van der Waals surface area (Å²) in [5.74, 6) is 0. The zero-order valence-electron chi connectivity index (χ0n) is 10.7. The van der Waals surface area contributed by atoms with E-state index in [-0.39, 0.29) is 4.90 Å². The van der Waals surface area contributed by atoms with E-state index in [1.165, 1.54) is 6.07 Å². The maximum absolute atomic E-state index is 11.5. The van der Waals surface area contributed by atoms with Crippen LogP contribution in [0.1, 0.15) is 11.1 Å². The van der Waals surface area contributed by atoms with E-state index < -0.39 is 10.1 Å². The maximum atomic E-state index is 11.5. The highest BCUT2D eigenvalue weighted by Gasteiger charge is 2.17. The average Bonchev–Trinajstić information content (AvgIpc) is 2.34. The molecule has 2 N–H and O–H groups in total. The second kappa shape index (κ2) is 5.68. The molecule has 0 bridgehead atoms. The molecule has 0 aromatic heterocycles. The van der Waals surface area contributed by atoms with Gasteiger partial charge in [0.2, 0.25) is 0 Å². The molecule has 108 valence electrons. The summed E-state index contributed by atoms with van der Waals surface area (Å²) in [5.41, 5.74) is 1.44. The summed E-state index contributed by atoms with van der Waals surface area (Å²) in [6.45, 7) is 3.49. The van der Waals surface area contributed by atoms with Crippen molar-refractivity contribution in [3.8, 4) is 0 Å². The predicted molar refractivity (Wildman–Crippen MR) is 73.9 cm³/mol. The van der Waals surface area contributed by atoms with Gasteiger partial charge in [-0.3, -0.25) is 4.55 Å². The van der Waals surface area contributed by atoms with Crippen LogP contribution in [0.25, 0.3) is 10.8 Å². The first kappa shape index (κ1) is 15.2. The van der Waals surface area contributed by atoms with Gasteiger partial charge in [-0.05, 0) is 48.6 Å². The van der Waals surface area contributed by atoms with Crippen molar-refractivity contribution < 1.29 is 27.6 Å². The predicted octanol–water partition coefficient (Wildman–Crippen LogP) is 3.13. The van der Waals surface area contributed by atoms with Gasteiger partial charge in [-0.1, -0.05) is 11.1 Å². The van der Waals surface area contributed by atoms with Gasteiger partial charge in [-0.2, -0.15) is 8.42 Å².